The summed E-state index contributed by atoms with van der Waals surface area (Å²) in [4.78, 5) is 12.1. The molecule has 0 atom stereocenters. The molecule has 3 aromatic rings. The molecule has 1 aromatic heterocycles. The summed E-state index contributed by atoms with van der Waals surface area (Å²) in [6, 6.07) is 9.80. The maximum absolute atomic E-state index is 13.7. The molecule has 7 heteroatoms. The Hall–Kier alpha value is -3.09. The molecule has 2 aromatic carbocycles. The minimum atomic E-state index is -0.828. The van der Waals surface area contributed by atoms with E-state index in [-0.39, 0.29) is 17.5 Å². The molecule has 116 valence electrons. The lowest BCUT2D eigenvalue weighted by atomic mass is 10.1. The second-order valence-electron chi connectivity index (χ2n) is 4.81. The number of nitrogens with one attached hydrogen (secondary N) is 1. The summed E-state index contributed by atoms with van der Waals surface area (Å²) in [5.41, 5.74) is 1.20. The van der Waals surface area contributed by atoms with Crippen molar-refractivity contribution in [3.8, 4) is 11.5 Å². The predicted octanol–water partition coefficient (Wildman–Crippen LogP) is 3.58. The Morgan fingerprint density at radius 1 is 1.13 bits per heavy atom. The van der Waals surface area contributed by atoms with Crippen molar-refractivity contribution in [2.75, 3.05) is 5.32 Å². The van der Waals surface area contributed by atoms with Gasteiger partial charge in [0.1, 0.15) is 11.6 Å². The number of halogens is 2. The van der Waals surface area contributed by atoms with Gasteiger partial charge in [-0.1, -0.05) is 23.3 Å². The summed E-state index contributed by atoms with van der Waals surface area (Å²) in [6.07, 6.45) is 0. The van der Waals surface area contributed by atoms with Crippen molar-refractivity contribution in [1.82, 2.24) is 10.2 Å². The van der Waals surface area contributed by atoms with Crippen molar-refractivity contribution in [2.24, 2.45) is 0 Å². The largest absolute Gasteiger partial charge is 0.403 e. The van der Waals surface area contributed by atoms with Crippen LogP contribution in [0.1, 0.15) is 15.9 Å². The summed E-state index contributed by atoms with van der Waals surface area (Å²) in [7, 11) is 0. The number of amides is 1. The molecule has 3 rings (SSSR count). The van der Waals surface area contributed by atoms with E-state index in [1.165, 1.54) is 6.07 Å². The van der Waals surface area contributed by atoms with Gasteiger partial charge < -0.3 is 4.42 Å². The molecule has 0 saturated heterocycles. The Labute approximate surface area is 130 Å². The van der Waals surface area contributed by atoms with Crippen LogP contribution in [0.4, 0.5) is 14.8 Å². The Morgan fingerprint density at radius 3 is 2.65 bits per heavy atom. The second kappa shape index (κ2) is 5.96. The van der Waals surface area contributed by atoms with Gasteiger partial charge in [-0.3, -0.25) is 10.1 Å². The molecule has 1 amide bonds. The molecular weight excluding hydrogens is 304 g/mol. The first-order valence-corrected chi connectivity index (χ1v) is 6.70. The number of carbonyl (C=O) groups excluding carboxylic acids is 1. The summed E-state index contributed by atoms with van der Waals surface area (Å²) in [5, 5.41) is 9.74. The first-order valence-electron chi connectivity index (χ1n) is 6.70. The molecule has 23 heavy (non-hydrogen) atoms. The van der Waals surface area contributed by atoms with Crippen molar-refractivity contribution < 1.29 is 18.0 Å². The lowest BCUT2D eigenvalue weighted by Crippen LogP contribution is -2.13. The average molecular weight is 315 g/mol. The highest BCUT2D eigenvalue weighted by atomic mass is 19.1. The summed E-state index contributed by atoms with van der Waals surface area (Å²) >= 11 is 0. The zero-order valence-corrected chi connectivity index (χ0v) is 12.0. The lowest BCUT2D eigenvalue weighted by Gasteiger charge is -2.03. The molecule has 5 nitrogen and oxygen atoms in total. The van der Waals surface area contributed by atoms with Crippen LogP contribution < -0.4 is 5.32 Å². The van der Waals surface area contributed by atoms with Crippen LogP contribution in [0.25, 0.3) is 11.5 Å². The molecule has 0 aliphatic rings. The third kappa shape index (κ3) is 3.08. The highest BCUT2D eigenvalue weighted by molar-refractivity contribution is 6.04. The van der Waals surface area contributed by atoms with Crippen molar-refractivity contribution in [3.63, 3.8) is 0 Å². The number of aryl methyl sites for hydroxylation is 1. The van der Waals surface area contributed by atoms with E-state index in [0.717, 1.165) is 11.6 Å². The number of anilines is 1. The highest BCUT2D eigenvalue weighted by Crippen LogP contribution is 2.23. The standard InChI is InChI=1S/C16H11F2N3O2/c1-9-4-2-3-5-11(9)14(22)19-16-21-20-15(23-16)12-7-6-10(17)8-13(12)18/h2-8H,1H3,(H,19,21,22). The fourth-order valence-electron chi connectivity index (χ4n) is 2.04. The fourth-order valence-corrected chi connectivity index (χ4v) is 2.04. The SMILES string of the molecule is Cc1ccccc1C(=O)Nc1nnc(-c2ccc(F)cc2F)o1. The molecule has 0 bridgehead atoms. The number of rotatable bonds is 3. The van der Waals surface area contributed by atoms with Crippen molar-refractivity contribution in [3.05, 3.63) is 65.2 Å². The van der Waals surface area contributed by atoms with Gasteiger partial charge in [-0.2, -0.15) is 0 Å². The van der Waals surface area contributed by atoms with Crippen LogP contribution in [0.2, 0.25) is 0 Å². The van der Waals surface area contributed by atoms with Crippen molar-refractivity contribution in [1.29, 1.82) is 0 Å². The zero-order chi connectivity index (χ0) is 16.4. The summed E-state index contributed by atoms with van der Waals surface area (Å²) in [6.45, 7) is 1.79. The van der Waals surface area contributed by atoms with Gasteiger partial charge >= 0.3 is 6.01 Å². The van der Waals surface area contributed by atoms with Gasteiger partial charge in [0.05, 0.1) is 5.56 Å². The van der Waals surface area contributed by atoms with Gasteiger partial charge in [0, 0.05) is 11.6 Å². The minimum absolute atomic E-state index is 0.0460. The Morgan fingerprint density at radius 2 is 1.91 bits per heavy atom. The van der Waals surface area contributed by atoms with E-state index in [4.69, 9.17) is 4.42 Å². The third-order valence-corrected chi connectivity index (χ3v) is 3.20. The molecule has 0 aliphatic heterocycles. The molecule has 1 N–H and O–H groups in total. The number of nitrogens with zero attached hydrogens (tertiary/aromatic N) is 2. The monoisotopic (exact) mass is 315 g/mol. The van der Waals surface area contributed by atoms with E-state index in [9.17, 15) is 13.6 Å². The second-order valence-corrected chi connectivity index (χ2v) is 4.81. The van der Waals surface area contributed by atoms with E-state index in [1.54, 1.807) is 25.1 Å². The van der Waals surface area contributed by atoms with Crippen LogP contribution in [-0.4, -0.2) is 16.1 Å². The molecule has 0 fully saturated rings. The lowest BCUT2D eigenvalue weighted by molar-refractivity contribution is 0.102. The number of hydrogen-bond acceptors (Lipinski definition) is 4. The zero-order valence-electron chi connectivity index (χ0n) is 12.0. The molecule has 0 spiro atoms. The van der Waals surface area contributed by atoms with Crippen molar-refractivity contribution >= 4 is 11.9 Å². The first-order chi connectivity index (χ1) is 11.0. The molecule has 0 unspecified atom stereocenters. The summed E-state index contributed by atoms with van der Waals surface area (Å²) < 4.78 is 31.8. The summed E-state index contributed by atoms with van der Waals surface area (Å²) in [5.74, 6) is -2.11. The minimum Gasteiger partial charge on any atom is -0.403 e. The van der Waals surface area contributed by atoms with Crippen LogP contribution >= 0.6 is 0 Å². The highest BCUT2D eigenvalue weighted by Gasteiger charge is 2.16. The van der Waals surface area contributed by atoms with E-state index < -0.39 is 17.5 Å². The van der Waals surface area contributed by atoms with Gasteiger partial charge in [0.25, 0.3) is 11.8 Å². The van der Waals surface area contributed by atoms with Crippen LogP contribution in [0.3, 0.4) is 0 Å². The number of aromatic nitrogens is 2. The first kappa shape index (κ1) is 14.8. The van der Waals surface area contributed by atoms with Crippen LogP contribution in [0.5, 0.6) is 0 Å². The van der Waals surface area contributed by atoms with Gasteiger partial charge in [-0.25, -0.2) is 8.78 Å². The van der Waals surface area contributed by atoms with Gasteiger partial charge in [0.15, 0.2) is 0 Å². The molecular formula is C16H11F2N3O2. The van der Waals surface area contributed by atoms with Crippen LogP contribution in [-0.2, 0) is 0 Å². The van der Waals surface area contributed by atoms with Crippen LogP contribution in [0.15, 0.2) is 46.9 Å². The van der Waals surface area contributed by atoms with E-state index in [0.29, 0.717) is 11.6 Å². The number of carbonyl (C=O) groups is 1. The van der Waals surface area contributed by atoms with E-state index >= 15 is 0 Å². The average Bonchev–Trinajstić information content (AvgIpc) is 2.95. The normalized spacial score (nSPS) is 10.6. The topological polar surface area (TPSA) is 68.0 Å². The van der Waals surface area contributed by atoms with Gasteiger partial charge in [-0.05, 0) is 30.7 Å². The smallest absolute Gasteiger partial charge is 0.322 e. The molecule has 0 radical (unpaired) electrons. The maximum Gasteiger partial charge on any atom is 0.322 e. The van der Waals surface area contributed by atoms with E-state index in [1.807, 2.05) is 6.07 Å². The van der Waals surface area contributed by atoms with Gasteiger partial charge in [0.2, 0.25) is 0 Å². The predicted molar refractivity (Wildman–Crippen MR) is 78.8 cm³/mol. The number of benzene rings is 2. The fraction of sp³-hybridized carbons (Fsp3) is 0.0625. The van der Waals surface area contributed by atoms with E-state index in [2.05, 4.69) is 15.5 Å². The molecule has 0 aliphatic carbocycles. The molecule has 0 saturated carbocycles. The van der Waals surface area contributed by atoms with Gasteiger partial charge in [-0.15, -0.1) is 5.10 Å². The quantitative estimate of drug-likeness (QED) is 0.802. The van der Waals surface area contributed by atoms with Crippen molar-refractivity contribution in [2.45, 2.75) is 6.92 Å². The Kier molecular flexibility index (Phi) is 3.84. The molecule has 1 heterocycles. The Balaban J connectivity index is 1.82. The maximum atomic E-state index is 13.7. The Bertz CT molecular complexity index is 877. The third-order valence-electron chi connectivity index (χ3n) is 3.20. The number of hydrogen-bond donors (Lipinski definition) is 1. The van der Waals surface area contributed by atoms with Crippen LogP contribution in [0, 0.1) is 18.6 Å².